The van der Waals surface area contributed by atoms with Gasteiger partial charge in [0.25, 0.3) is 5.91 Å². The molecule has 29 heavy (non-hydrogen) atoms. The van der Waals surface area contributed by atoms with Gasteiger partial charge in [-0.2, -0.15) is 0 Å². The number of likely N-dealkylation sites (N-methyl/N-ethyl adjacent to an activating group) is 1. The summed E-state index contributed by atoms with van der Waals surface area (Å²) in [6.07, 6.45) is 0.695. The molecule has 0 saturated carbocycles. The highest BCUT2D eigenvalue weighted by molar-refractivity contribution is 6.47. The van der Waals surface area contributed by atoms with Crippen LogP contribution in [0.15, 0.2) is 18.2 Å². The molecule has 1 aliphatic heterocycles. The maximum absolute atomic E-state index is 12.5. The number of hydrogen-bond donors (Lipinski definition) is 2. The second kappa shape index (κ2) is 11.8. The first-order valence-corrected chi connectivity index (χ1v) is 10.5. The van der Waals surface area contributed by atoms with Gasteiger partial charge in [-0.05, 0) is 37.6 Å². The number of carbonyl (C=O) groups excluding carboxylic acids is 2. The Hall–Kier alpha value is -1.32. The Labute approximate surface area is 182 Å². The molecule has 1 atom stereocenters. The van der Waals surface area contributed by atoms with Gasteiger partial charge in [0.05, 0.1) is 23.1 Å². The van der Waals surface area contributed by atoms with Gasteiger partial charge in [0.2, 0.25) is 5.91 Å². The van der Waals surface area contributed by atoms with Crippen molar-refractivity contribution in [2.75, 3.05) is 39.9 Å². The molecule has 0 aliphatic carbocycles. The number of rotatable bonds is 7. The molecule has 7 nitrogen and oxygen atoms in total. The van der Waals surface area contributed by atoms with Crippen molar-refractivity contribution in [2.45, 2.75) is 26.2 Å². The highest BCUT2D eigenvalue weighted by atomic mass is 35.5. The van der Waals surface area contributed by atoms with E-state index >= 15 is 0 Å². The summed E-state index contributed by atoms with van der Waals surface area (Å²) >= 11 is 11.9. The summed E-state index contributed by atoms with van der Waals surface area (Å²) in [6.45, 7) is 6.60. The molecule has 10 heteroatoms. The third kappa shape index (κ3) is 8.14. The van der Waals surface area contributed by atoms with E-state index < -0.39 is 13.0 Å². The van der Waals surface area contributed by atoms with Gasteiger partial charge >= 0.3 is 7.12 Å². The molecule has 1 aromatic rings. The van der Waals surface area contributed by atoms with E-state index in [0.29, 0.717) is 30.6 Å². The Morgan fingerprint density at radius 2 is 1.86 bits per heavy atom. The van der Waals surface area contributed by atoms with Crippen LogP contribution in [0.5, 0.6) is 0 Å². The molecule has 0 spiro atoms. The lowest BCUT2D eigenvalue weighted by atomic mass is 9.73. The van der Waals surface area contributed by atoms with Gasteiger partial charge in [0.15, 0.2) is 0 Å². The fraction of sp³-hybridized carbons (Fsp3) is 0.579. The summed E-state index contributed by atoms with van der Waals surface area (Å²) < 4.78 is 11.7. The van der Waals surface area contributed by atoms with Crippen LogP contribution in [0.4, 0.5) is 0 Å². The molecule has 2 N–H and O–H groups in total. The monoisotopic (exact) mass is 443 g/mol. The number of hydrogen-bond acceptors (Lipinski definition) is 5. The van der Waals surface area contributed by atoms with Crippen molar-refractivity contribution in [3.05, 3.63) is 33.8 Å². The number of carbonyl (C=O) groups is 2. The Morgan fingerprint density at radius 1 is 1.21 bits per heavy atom. The highest BCUT2D eigenvalue weighted by Crippen LogP contribution is 2.20. The van der Waals surface area contributed by atoms with Crippen LogP contribution in [-0.2, 0) is 14.1 Å². The van der Waals surface area contributed by atoms with Gasteiger partial charge in [-0.25, -0.2) is 0 Å². The quantitative estimate of drug-likeness (QED) is 0.631. The molecule has 0 radical (unpaired) electrons. The van der Waals surface area contributed by atoms with E-state index in [2.05, 4.69) is 29.4 Å². The molecule has 1 heterocycles. The van der Waals surface area contributed by atoms with E-state index in [0.717, 1.165) is 13.1 Å². The Morgan fingerprint density at radius 3 is 2.48 bits per heavy atom. The molecule has 2 rings (SSSR count). The molecule has 1 aromatic carbocycles. The van der Waals surface area contributed by atoms with Crippen LogP contribution in [0.25, 0.3) is 0 Å². The molecule has 160 valence electrons. The van der Waals surface area contributed by atoms with Crippen molar-refractivity contribution in [1.29, 1.82) is 0 Å². The van der Waals surface area contributed by atoms with Gasteiger partial charge in [-0.1, -0.05) is 37.0 Å². The summed E-state index contributed by atoms with van der Waals surface area (Å²) in [5.74, 6) is -0.763. The number of amides is 2. The summed E-state index contributed by atoms with van der Waals surface area (Å²) in [7, 11) is 1.49. The number of halogens is 2. The van der Waals surface area contributed by atoms with Crippen LogP contribution >= 0.6 is 23.2 Å². The van der Waals surface area contributed by atoms with E-state index in [-0.39, 0.29) is 29.0 Å². The topological polar surface area (TPSA) is 79.9 Å². The first-order valence-electron chi connectivity index (χ1n) is 9.70. The fourth-order valence-corrected chi connectivity index (χ4v) is 3.35. The minimum absolute atomic E-state index is 0.189. The van der Waals surface area contributed by atoms with Crippen LogP contribution in [0.3, 0.4) is 0 Å². The standard InChI is InChI=1S/C19H28BCl2N3O4/c1-13(2)10-17(20-28-8-6-25(3)7-9-29-20)24-18(26)12-23-19(27)15-11-14(21)4-5-16(15)22/h4-5,11,13,17H,6-10,12H2,1-3H3,(H,23,27)(H,24,26)/t17-/m0/s1. The van der Waals surface area contributed by atoms with Gasteiger partial charge in [-0.3, -0.25) is 9.59 Å². The Kier molecular flexibility index (Phi) is 9.72. The van der Waals surface area contributed by atoms with Gasteiger partial charge in [-0.15, -0.1) is 0 Å². The van der Waals surface area contributed by atoms with E-state index in [9.17, 15) is 9.59 Å². The van der Waals surface area contributed by atoms with Crippen molar-refractivity contribution in [1.82, 2.24) is 15.5 Å². The molecule has 1 saturated heterocycles. The normalized spacial score (nSPS) is 16.8. The van der Waals surface area contributed by atoms with E-state index in [1.54, 1.807) is 6.07 Å². The van der Waals surface area contributed by atoms with Crippen molar-refractivity contribution in [3.63, 3.8) is 0 Å². The lowest BCUT2D eigenvalue weighted by molar-refractivity contribution is -0.120. The van der Waals surface area contributed by atoms with Crippen molar-refractivity contribution in [2.24, 2.45) is 5.92 Å². The Bertz CT molecular complexity index is 698. The van der Waals surface area contributed by atoms with Crippen LogP contribution < -0.4 is 10.6 Å². The molecular formula is C19H28BCl2N3O4. The zero-order valence-electron chi connectivity index (χ0n) is 17.0. The molecule has 1 fully saturated rings. The lowest BCUT2D eigenvalue weighted by Gasteiger charge is -2.29. The minimum atomic E-state index is -0.520. The van der Waals surface area contributed by atoms with Crippen LogP contribution in [0.1, 0.15) is 30.6 Å². The van der Waals surface area contributed by atoms with E-state index in [4.69, 9.17) is 32.5 Å². The predicted octanol–water partition coefficient (Wildman–Crippen LogP) is 2.26. The SMILES string of the molecule is CC(C)C[C@H](NC(=O)CNC(=O)c1cc(Cl)ccc1Cl)B1OCCN(C)CCO1. The van der Waals surface area contributed by atoms with Crippen LogP contribution in [-0.4, -0.2) is 69.7 Å². The maximum atomic E-state index is 12.5. The van der Waals surface area contributed by atoms with E-state index in [1.807, 2.05) is 7.05 Å². The first-order chi connectivity index (χ1) is 13.8. The molecule has 1 aliphatic rings. The van der Waals surface area contributed by atoms with Gasteiger partial charge < -0.3 is 24.8 Å². The number of benzene rings is 1. The predicted molar refractivity (Wildman–Crippen MR) is 115 cm³/mol. The molecule has 0 bridgehead atoms. The number of nitrogens with one attached hydrogen (secondary N) is 2. The average Bonchev–Trinajstić information content (AvgIpc) is 2.63. The van der Waals surface area contributed by atoms with Crippen molar-refractivity contribution >= 4 is 42.1 Å². The number of nitrogens with zero attached hydrogens (tertiary/aromatic N) is 1. The van der Waals surface area contributed by atoms with Crippen LogP contribution in [0, 0.1) is 5.92 Å². The zero-order valence-corrected chi connectivity index (χ0v) is 18.6. The summed E-state index contributed by atoms with van der Waals surface area (Å²) in [5.41, 5.74) is 0.224. The fourth-order valence-electron chi connectivity index (χ4n) is 2.97. The zero-order chi connectivity index (χ0) is 21.4. The van der Waals surface area contributed by atoms with Crippen molar-refractivity contribution < 1.29 is 18.9 Å². The van der Waals surface area contributed by atoms with Crippen molar-refractivity contribution in [3.8, 4) is 0 Å². The second-order valence-electron chi connectivity index (χ2n) is 7.52. The second-order valence-corrected chi connectivity index (χ2v) is 8.37. The molecule has 0 unspecified atom stereocenters. The average molecular weight is 444 g/mol. The third-order valence-corrected chi connectivity index (χ3v) is 5.06. The first kappa shape index (κ1) is 24.0. The van der Waals surface area contributed by atoms with Gasteiger partial charge in [0.1, 0.15) is 0 Å². The van der Waals surface area contributed by atoms with Crippen LogP contribution in [0.2, 0.25) is 10.0 Å². The highest BCUT2D eigenvalue weighted by Gasteiger charge is 2.33. The molecular weight excluding hydrogens is 416 g/mol. The third-order valence-electron chi connectivity index (χ3n) is 4.49. The smallest absolute Gasteiger partial charge is 0.408 e. The molecule has 0 aromatic heterocycles. The summed E-state index contributed by atoms with van der Waals surface area (Å²) in [4.78, 5) is 26.9. The Balaban J connectivity index is 1.93. The largest absolute Gasteiger partial charge is 0.480 e. The van der Waals surface area contributed by atoms with E-state index in [1.165, 1.54) is 12.1 Å². The maximum Gasteiger partial charge on any atom is 0.480 e. The molecule has 2 amide bonds. The van der Waals surface area contributed by atoms with Gasteiger partial charge in [0, 0.05) is 31.3 Å². The lowest BCUT2D eigenvalue weighted by Crippen LogP contribution is -2.54. The summed E-state index contributed by atoms with van der Waals surface area (Å²) in [6, 6.07) is 4.60. The summed E-state index contributed by atoms with van der Waals surface area (Å²) in [5, 5.41) is 6.17. The minimum Gasteiger partial charge on any atom is -0.408 e.